The smallest absolute Gasteiger partial charge is 0.335 e. The molecule has 0 aliphatic heterocycles. The second-order valence-electron chi connectivity index (χ2n) is 3.12. The van der Waals surface area contributed by atoms with Gasteiger partial charge in [0.2, 0.25) is 0 Å². The van der Waals surface area contributed by atoms with Gasteiger partial charge in [-0.3, -0.25) is 0 Å². The number of rotatable bonds is 3. The van der Waals surface area contributed by atoms with Crippen molar-refractivity contribution < 1.29 is 14.7 Å². The van der Waals surface area contributed by atoms with E-state index in [-0.39, 0.29) is 12.1 Å². The molecule has 0 radical (unpaired) electrons. The molecule has 1 aromatic carbocycles. The average molecular weight is 232 g/mol. The molecule has 2 amide bonds. The van der Waals surface area contributed by atoms with E-state index in [1.165, 1.54) is 12.1 Å². The van der Waals surface area contributed by atoms with Gasteiger partial charge in [0, 0.05) is 5.69 Å². The van der Waals surface area contributed by atoms with E-state index in [4.69, 9.17) is 5.11 Å². The Hall–Kier alpha value is -2.48. The predicted octanol–water partition coefficient (Wildman–Crippen LogP) is 1.53. The maximum absolute atomic E-state index is 11.3. The standard InChI is InChI=1S/C12H12N2O3/c1-2-3-7-13-12(17)14-10-6-4-5-9(8-10)11(15)16/h4-6,8H,7H2,1H3,(H,15,16)(H2,13,14,17). The van der Waals surface area contributed by atoms with Gasteiger partial charge in [-0.25, -0.2) is 9.59 Å². The van der Waals surface area contributed by atoms with E-state index in [9.17, 15) is 9.59 Å². The van der Waals surface area contributed by atoms with Crippen LogP contribution in [0.1, 0.15) is 17.3 Å². The zero-order chi connectivity index (χ0) is 12.7. The quantitative estimate of drug-likeness (QED) is 0.691. The first-order chi connectivity index (χ1) is 8.13. The Morgan fingerprint density at radius 1 is 1.41 bits per heavy atom. The number of benzene rings is 1. The van der Waals surface area contributed by atoms with Crippen LogP contribution in [-0.2, 0) is 0 Å². The van der Waals surface area contributed by atoms with Crippen molar-refractivity contribution in [3.8, 4) is 11.8 Å². The molecule has 88 valence electrons. The molecule has 5 heteroatoms. The summed E-state index contributed by atoms with van der Waals surface area (Å²) in [6, 6.07) is 5.58. The van der Waals surface area contributed by atoms with Gasteiger partial charge in [0.15, 0.2) is 0 Å². The van der Waals surface area contributed by atoms with Crippen LogP contribution in [0.2, 0.25) is 0 Å². The van der Waals surface area contributed by atoms with Crippen LogP contribution in [0.15, 0.2) is 24.3 Å². The number of carboxylic acids is 1. The lowest BCUT2D eigenvalue weighted by Crippen LogP contribution is -2.28. The molecule has 0 saturated carbocycles. The van der Waals surface area contributed by atoms with Crippen molar-refractivity contribution in [2.75, 3.05) is 11.9 Å². The summed E-state index contributed by atoms with van der Waals surface area (Å²) in [5, 5.41) is 13.8. The van der Waals surface area contributed by atoms with Crippen LogP contribution in [0, 0.1) is 11.8 Å². The third kappa shape index (κ3) is 4.26. The Labute approximate surface area is 98.8 Å². The first-order valence-electron chi connectivity index (χ1n) is 4.91. The summed E-state index contributed by atoms with van der Waals surface area (Å²) in [5.41, 5.74) is 0.544. The van der Waals surface area contributed by atoms with Gasteiger partial charge in [0.25, 0.3) is 0 Å². The lowest BCUT2D eigenvalue weighted by molar-refractivity contribution is 0.0697. The highest BCUT2D eigenvalue weighted by Gasteiger charge is 2.05. The number of nitrogens with one attached hydrogen (secondary N) is 2. The Morgan fingerprint density at radius 3 is 2.82 bits per heavy atom. The van der Waals surface area contributed by atoms with Crippen molar-refractivity contribution in [2.24, 2.45) is 0 Å². The van der Waals surface area contributed by atoms with Crippen molar-refractivity contribution in [1.82, 2.24) is 5.32 Å². The zero-order valence-electron chi connectivity index (χ0n) is 9.28. The first-order valence-corrected chi connectivity index (χ1v) is 4.91. The normalized spacial score (nSPS) is 8.76. The van der Waals surface area contributed by atoms with E-state index in [1.807, 2.05) is 0 Å². The van der Waals surface area contributed by atoms with Gasteiger partial charge in [-0.15, -0.1) is 5.92 Å². The third-order valence-electron chi connectivity index (χ3n) is 1.88. The molecule has 3 N–H and O–H groups in total. The van der Waals surface area contributed by atoms with Gasteiger partial charge >= 0.3 is 12.0 Å². The number of hydrogen-bond acceptors (Lipinski definition) is 2. The van der Waals surface area contributed by atoms with Gasteiger partial charge < -0.3 is 15.7 Å². The summed E-state index contributed by atoms with van der Waals surface area (Å²) in [7, 11) is 0. The topological polar surface area (TPSA) is 78.4 Å². The third-order valence-corrected chi connectivity index (χ3v) is 1.88. The number of amides is 2. The number of urea groups is 1. The maximum Gasteiger partial charge on any atom is 0.335 e. The first kappa shape index (κ1) is 12.6. The molecule has 17 heavy (non-hydrogen) atoms. The molecule has 0 fully saturated rings. The number of anilines is 1. The fraction of sp³-hybridized carbons (Fsp3) is 0.167. The monoisotopic (exact) mass is 232 g/mol. The summed E-state index contributed by atoms with van der Waals surface area (Å²) in [5.74, 6) is 4.28. The fourth-order valence-corrected chi connectivity index (χ4v) is 1.12. The molecular weight excluding hydrogens is 220 g/mol. The van der Waals surface area contributed by atoms with Crippen LogP contribution in [0.25, 0.3) is 0 Å². The van der Waals surface area contributed by atoms with Crippen LogP contribution in [0.4, 0.5) is 10.5 Å². The minimum atomic E-state index is -1.04. The van der Waals surface area contributed by atoms with Gasteiger partial charge in [0.1, 0.15) is 0 Å². The second kappa shape index (κ2) is 6.18. The molecule has 5 nitrogen and oxygen atoms in total. The number of carbonyl (C=O) groups is 2. The van der Waals surface area contributed by atoms with Crippen molar-refractivity contribution in [1.29, 1.82) is 0 Å². The summed E-state index contributed by atoms with van der Waals surface area (Å²) in [6.07, 6.45) is 0. The Kier molecular flexibility index (Phi) is 4.58. The Bertz CT molecular complexity index is 486. The summed E-state index contributed by atoms with van der Waals surface area (Å²) < 4.78 is 0. The maximum atomic E-state index is 11.3. The molecule has 1 aromatic rings. The van der Waals surface area contributed by atoms with Crippen molar-refractivity contribution in [3.05, 3.63) is 29.8 Å². The molecular formula is C12H12N2O3. The lowest BCUT2D eigenvalue weighted by atomic mass is 10.2. The lowest BCUT2D eigenvalue weighted by Gasteiger charge is -2.05. The summed E-state index contributed by atoms with van der Waals surface area (Å²) >= 11 is 0. The molecule has 0 unspecified atom stereocenters. The molecule has 1 rings (SSSR count). The highest BCUT2D eigenvalue weighted by atomic mass is 16.4. The van der Waals surface area contributed by atoms with E-state index in [0.29, 0.717) is 5.69 Å². The molecule has 0 spiro atoms. The minimum Gasteiger partial charge on any atom is -0.478 e. The van der Waals surface area contributed by atoms with Gasteiger partial charge in [-0.1, -0.05) is 12.0 Å². The van der Waals surface area contributed by atoms with Crippen LogP contribution < -0.4 is 10.6 Å². The summed E-state index contributed by atoms with van der Waals surface area (Å²) in [4.78, 5) is 22.0. The molecule has 0 bridgehead atoms. The van der Waals surface area contributed by atoms with Gasteiger partial charge in [-0.05, 0) is 25.1 Å². The van der Waals surface area contributed by atoms with Crippen LogP contribution in [0.5, 0.6) is 0 Å². The number of aromatic carboxylic acids is 1. The molecule has 0 saturated heterocycles. The highest BCUT2D eigenvalue weighted by Crippen LogP contribution is 2.10. The van der Waals surface area contributed by atoms with Crippen molar-refractivity contribution in [2.45, 2.75) is 6.92 Å². The zero-order valence-corrected chi connectivity index (χ0v) is 9.28. The van der Waals surface area contributed by atoms with Crippen LogP contribution in [-0.4, -0.2) is 23.7 Å². The molecule has 0 atom stereocenters. The van der Waals surface area contributed by atoms with Crippen LogP contribution >= 0.6 is 0 Å². The van der Waals surface area contributed by atoms with E-state index < -0.39 is 12.0 Å². The number of carbonyl (C=O) groups excluding carboxylic acids is 1. The predicted molar refractivity (Wildman–Crippen MR) is 63.9 cm³/mol. The number of carboxylic acid groups (broad SMARTS) is 1. The fourth-order valence-electron chi connectivity index (χ4n) is 1.12. The van der Waals surface area contributed by atoms with Gasteiger partial charge in [0.05, 0.1) is 12.1 Å². The van der Waals surface area contributed by atoms with Gasteiger partial charge in [-0.2, -0.15) is 0 Å². The highest BCUT2D eigenvalue weighted by molar-refractivity contribution is 5.93. The minimum absolute atomic E-state index is 0.121. The number of hydrogen-bond donors (Lipinski definition) is 3. The SMILES string of the molecule is CC#CCNC(=O)Nc1cccc(C(=O)O)c1. The largest absolute Gasteiger partial charge is 0.478 e. The Morgan fingerprint density at radius 2 is 2.18 bits per heavy atom. The molecule has 0 aliphatic carbocycles. The van der Waals surface area contributed by atoms with E-state index in [0.717, 1.165) is 0 Å². The van der Waals surface area contributed by atoms with Crippen molar-refractivity contribution in [3.63, 3.8) is 0 Å². The van der Waals surface area contributed by atoms with Crippen molar-refractivity contribution >= 4 is 17.7 Å². The summed E-state index contributed by atoms with van der Waals surface area (Å²) in [6.45, 7) is 1.93. The Balaban J connectivity index is 2.61. The average Bonchev–Trinajstić information content (AvgIpc) is 2.29. The molecule has 0 aromatic heterocycles. The van der Waals surface area contributed by atoms with E-state index in [2.05, 4.69) is 22.5 Å². The molecule has 0 aliphatic rings. The van der Waals surface area contributed by atoms with Crippen LogP contribution in [0.3, 0.4) is 0 Å². The van der Waals surface area contributed by atoms with E-state index >= 15 is 0 Å². The molecule has 0 heterocycles. The van der Waals surface area contributed by atoms with E-state index in [1.54, 1.807) is 19.1 Å². The second-order valence-corrected chi connectivity index (χ2v) is 3.12.